The van der Waals surface area contributed by atoms with Crippen molar-refractivity contribution >= 4 is 18.0 Å². The molecule has 2 rings (SSSR count). The van der Waals surface area contributed by atoms with E-state index in [1.807, 2.05) is 6.92 Å². The van der Waals surface area contributed by atoms with Crippen LogP contribution in [0.15, 0.2) is 24.3 Å². The van der Waals surface area contributed by atoms with Gasteiger partial charge in [0.25, 0.3) is 0 Å². The van der Waals surface area contributed by atoms with Crippen LogP contribution in [-0.4, -0.2) is 36.2 Å². The van der Waals surface area contributed by atoms with Gasteiger partial charge in [0.15, 0.2) is 0 Å². The second-order valence-electron chi connectivity index (χ2n) is 8.58. The number of nitrogens with one attached hydrogen (secondary N) is 2. The molecular weight excluding hydrogens is 372 g/mol. The van der Waals surface area contributed by atoms with Gasteiger partial charge in [-0.25, -0.2) is 9.59 Å². The molecule has 2 amide bonds. The first-order valence-electron chi connectivity index (χ1n) is 10.1. The molecule has 1 unspecified atom stereocenters. The lowest BCUT2D eigenvalue weighted by Crippen LogP contribution is -2.60. The number of hydrogen-bond donors (Lipinski definition) is 2. The second-order valence-corrected chi connectivity index (χ2v) is 8.58. The van der Waals surface area contributed by atoms with E-state index in [9.17, 15) is 14.4 Å². The summed E-state index contributed by atoms with van der Waals surface area (Å²) in [5, 5.41) is 5.85. The number of esters is 1. The number of ether oxygens (including phenoxy) is 2. The number of alkyl carbamates (subject to hydrolysis) is 1. The second kappa shape index (κ2) is 9.29. The number of benzene rings is 1. The van der Waals surface area contributed by atoms with Crippen molar-refractivity contribution < 1.29 is 23.9 Å². The van der Waals surface area contributed by atoms with Gasteiger partial charge in [0.05, 0.1) is 18.7 Å². The highest BCUT2D eigenvalue weighted by atomic mass is 16.6. The molecule has 1 aromatic carbocycles. The summed E-state index contributed by atoms with van der Waals surface area (Å²) in [5.41, 5.74) is -0.300. The molecular formula is C22H32N2O5. The number of hydrogen-bond acceptors (Lipinski definition) is 5. The van der Waals surface area contributed by atoms with Gasteiger partial charge in [0, 0.05) is 0 Å². The Morgan fingerprint density at radius 3 is 2.14 bits per heavy atom. The van der Waals surface area contributed by atoms with E-state index in [1.54, 1.807) is 45.0 Å². The van der Waals surface area contributed by atoms with E-state index < -0.39 is 23.2 Å². The molecule has 1 aromatic rings. The minimum absolute atomic E-state index is 0.215. The molecule has 7 heteroatoms. The number of carbonyl (C=O) groups excluding carboxylic acids is 3. The molecule has 2 N–H and O–H groups in total. The van der Waals surface area contributed by atoms with E-state index in [1.165, 1.54) is 7.11 Å². The Morgan fingerprint density at radius 1 is 1.03 bits per heavy atom. The predicted molar refractivity (Wildman–Crippen MR) is 110 cm³/mol. The van der Waals surface area contributed by atoms with Crippen LogP contribution in [0.4, 0.5) is 4.79 Å². The summed E-state index contributed by atoms with van der Waals surface area (Å²) in [6, 6.07) is 6.62. The van der Waals surface area contributed by atoms with E-state index in [-0.39, 0.29) is 11.9 Å². The lowest BCUT2D eigenvalue weighted by Gasteiger charge is -2.37. The minimum atomic E-state index is -0.971. The standard InChI is InChI=1S/C22H32N2O5/c1-15(16-9-11-17(12-10-16)18(25)28-5)23-19(26)22(13-7-6-8-14-22)24-20(27)29-21(2,3)4/h9-12,15H,6-8,13-14H2,1-5H3,(H,23,26)(H,24,27). The highest BCUT2D eigenvalue weighted by Crippen LogP contribution is 2.30. The molecule has 1 atom stereocenters. The molecule has 29 heavy (non-hydrogen) atoms. The summed E-state index contributed by atoms with van der Waals surface area (Å²) in [6.07, 6.45) is 3.34. The number of rotatable bonds is 5. The fourth-order valence-corrected chi connectivity index (χ4v) is 3.51. The molecule has 1 aliphatic carbocycles. The van der Waals surface area contributed by atoms with Crippen molar-refractivity contribution in [3.8, 4) is 0 Å². The Morgan fingerprint density at radius 2 is 1.62 bits per heavy atom. The Labute approximate surface area is 172 Å². The Balaban J connectivity index is 2.10. The number of carbonyl (C=O) groups is 3. The lowest BCUT2D eigenvalue weighted by atomic mass is 9.80. The zero-order chi connectivity index (χ0) is 21.7. The van der Waals surface area contributed by atoms with Crippen LogP contribution in [0.5, 0.6) is 0 Å². The monoisotopic (exact) mass is 404 g/mol. The van der Waals surface area contributed by atoms with Crippen molar-refractivity contribution in [2.24, 2.45) is 0 Å². The van der Waals surface area contributed by atoms with Crippen LogP contribution in [0, 0.1) is 0 Å². The van der Waals surface area contributed by atoms with Crippen molar-refractivity contribution in [1.29, 1.82) is 0 Å². The molecule has 1 saturated carbocycles. The van der Waals surface area contributed by atoms with Gasteiger partial charge in [-0.1, -0.05) is 31.4 Å². The molecule has 1 fully saturated rings. The first-order valence-corrected chi connectivity index (χ1v) is 10.1. The van der Waals surface area contributed by atoms with Crippen LogP contribution >= 0.6 is 0 Å². The molecule has 0 heterocycles. The van der Waals surface area contributed by atoms with E-state index in [2.05, 4.69) is 10.6 Å². The molecule has 160 valence electrons. The van der Waals surface area contributed by atoms with Gasteiger partial charge in [0.2, 0.25) is 5.91 Å². The largest absolute Gasteiger partial charge is 0.465 e. The molecule has 0 aliphatic heterocycles. The quantitative estimate of drug-likeness (QED) is 0.727. The molecule has 0 saturated heterocycles. The van der Waals surface area contributed by atoms with Gasteiger partial charge >= 0.3 is 12.1 Å². The minimum Gasteiger partial charge on any atom is -0.465 e. The van der Waals surface area contributed by atoms with E-state index in [4.69, 9.17) is 9.47 Å². The average molecular weight is 405 g/mol. The summed E-state index contributed by atoms with van der Waals surface area (Å²) in [7, 11) is 1.33. The molecule has 0 bridgehead atoms. The van der Waals surface area contributed by atoms with Crippen LogP contribution in [-0.2, 0) is 14.3 Å². The SMILES string of the molecule is COC(=O)c1ccc(C(C)NC(=O)C2(NC(=O)OC(C)(C)C)CCCCC2)cc1. The van der Waals surface area contributed by atoms with Crippen molar-refractivity contribution in [2.75, 3.05) is 7.11 Å². The fraction of sp³-hybridized carbons (Fsp3) is 0.591. The summed E-state index contributed by atoms with van der Waals surface area (Å²) in [4.78, 5) is 37.1. The van der Waals surface area contributed by atoms with Crippen molar-refractivity contribution in [2.45, 2.75) is 77.0 Å². The third kappa shape index (κ3) is 6.21. The highest BCUT2D eigenvalue weighted by molar-refractivity contribution is 5.91. The Hall–Kier alpha value is -2.57. The summed E-state index contributed by atoms with van der Waals surface area (Å²) >= 11 is 0. The van der Waals surface area contributed by atoms with Crippen molar-refractivity contribution in [3.05, 3.63) is 35.4 Å². The third-order valence-electron chi connectivity index (χ3n) is 5.06. The maximum atomic E-state index is 13.2. The third-order valence-corrected chi connectivity index (χ3v) is 5.06. The summed E-state index contributed by atoms with van der Waals surface area (Å²) in [5.74, 6) is -0.622. The van der Waals surface area contributed by atoms with Crippen LogP contribution in [0.3, 0.4) is 0 Å². The smallest absolute Gasteiger partial charge is 0.408 e. The Bertz CT molecular complexity index is 731. The van der Waals surface area contributed by atoms with Crippen molar-refractivity contribution in [1.82, 2.24) is 10.6 Å². The highest BCUT2D eigenvalue weighted by Gasteiger charge is 2.42. The zero-order valence-corrected chi connectivity index (χ0v) is 18.0. The average Bonchev–Trinajstić information content (AvgIpc) is 2.66. The summed E-state index contributed by atoms with van der Waals surface area (Å²) < 4.78 is 10.1. The van der Waals surface area contributed by atoms with Crippen LogP contribution in [0.1, 0.15) is 81.8 Å². The molecule has 0 radical (unpaired) electrons. The van der Waals surface area contributed by atoms with Crippen LogP contribution in [0.25, 0.3) is 0 Å². The van der Waals surface area contributed by atoms with Crippen LogP contribution in [0.2, 0.25) is 0 Å². The molecule has 7 nitrogen and oxygen atoms in total. The first-order chi connectivity index (χ1) is 13.6. The van der Waals surface area contributed by atoms with Gasteiger partial charge in [-0.2, -0.15) is 0 Å². The first kappa shape index (κ1) is 22.7. The van der Waals surface area contributed by atoms with Gasteiger partial charge in [-0.3, -0.25) is 4.79 Å². The van der Waals surface area contributed by atoms with E-state index in [0.29, 0.717) is 18.4 Å². The van der Waals surface area contributed by atoms with Crippen molar-refractivity contribution in [3.63, 3.8) is 0 Å². The molecule has 0 aromatic heterocycles. The fourth-order valence-electron chi connectivity index (χ4n) is 3.51. The summed E-state index contributed by atoms with van der Waals surface area (Å²) in [6.45, 7) is 7.25. The lowest BCUT2D eigenvalue weighted by molar-refractivity contribution is -0.129. The number of amides is 2. The normalized spacial score (nSPS) is 17.0. The topological polar surface area (TPSA) is 93.7 Å². The van der Waals surface area contributed by atoms with Gasteiger partial charge < -0.3 is 20.1 Å². The molecule has 0 spiro atoms. The Kier molecular flexibility index (Phi) is 7.27. The van der Waals surface area contributed by atoms with Crippen LogP contribution < -0.4 is 10.6 Å². The van der Waals surface area contributed by atoms with E-state index in [0.717, 1.165) is 24.8 Å². The molecule has 1 aliphatic rings. The predicted octanol–water partition coefficient (Wildman–Crippen LogP) is 3.88. The van der Waals surface area contributed by atoms with Gasteiger partial charge in [-0.15, -0.1) is 0 Å². The maximum Gasteiger partial charge on any atom is 0.408 e. The van der Waals surface area contributed by atoms with Gasteiger partial charge in [-0.05, 0) is 58.2 Å². The maximum absolute atomic E-state index is 13.2. The zero-order valence-electron chi connectivity index (χ0n) is 18.0. The van der Waals surface area contributed by atoms with E-state index >= 15 is 0 Å². The van der Waals surface area contributed by atoms with Gasteiger partial charge in [0.1, 0.15) is 11.1 Å². The number of methoxy groups -OCH3 is 1.